The Kier molecular flexibility index (Phi) is 12.0. The van der Waals surface area contributed by atoms with Gasteiger partial charge in [0, 0.05) is 13.0 Å². The molecule has 11 heteroatoms. The van der Waals surface area contributed by atoms with E-state index in [0.29, 0.717) is 6.42 Å². The van der Waals surface area contributed by atoms with E-state index in [-0.39, 0.29) is 31.9 Å². The van der Waals surface area contributed by atoms with Gasteiger partial charge in [-0.1, -0.05) is 40.7 Å². The topological polar surface area (TPSA) is 151 Å². The second-order valence-corrected chi connectivity index (χ2v) is 12.1. The minimum atomic E-state index is -1.66. The van der Waals surface area contributed by atoms with E-state index in [0.717, 1.165) is 0 Å². The van der Waals surface area contributed by atoms with Crippen molar-refractivity contribution in [2.75, 3.05) is 13.2 Å². The van der Waals surface area contributed by atoms with Crippen LogP contribution >= 0.6 is 0 Å². The molecule has 216 valence electrons. The van der Waals surface area contributed by atoms with E-state index in [9.17, 15) is 29.1 Å². The van der Waals surface area contributed by atoms with E-state index < -0.39 is 64.9 Å². The number of nitrogens with zero attached hydrogens (tertiary/aromatic N) is 1. The van der Waals surface area contributed by atoms with Crippen LogP contribution in [0.5, 0.6) is 0 Å². The Hall–Kier alpha value is -2.95. The fourth-order valence-corrected chi connectivity index (χ4v) is 4.06. The van der Waals surface area contributed by atoms with Gasteiger partial charge in [0.25, 0.3) is 5.78 Å². The lowest BCUT2D eigenvalue weighted by atomic mass is 9.85. The van der Waals surface area contributed by atoms with Crippen LogP contribution in [0.4, 0.5) is 4.79 Å². The molecule has 4 atom stereocenters. The maximum atomic E-state index is 13.8. The van der Waals surface area contributed by atoms with Crippen LogP contribution in [0, 0.1) is 11.3 Å². The predicted octanol–water partition coefficient (Wildman–Crippen LogP) is 2.67. The van der Waals surface area contributed by atoms with Gasteiger partial charge in [-0.05, 0) is 44.9 Å². The zero-order chi connectivity index (χ0) is 29.4. The van der Waals surface area contributed by atoms with Gasteiger partial charge < -0.3 is 30.1 Å². The average Bonchev–Trinajstić information content (AvgIpc) is 3.19. The summed E-state index contributed by atoms with van der Waals surface area (Å²) < 4.78 is 11.3. The molecule has 1 aliphatic heterocycles. The van der Waals surface area contributed by atoms with Crippen molar-refractivity contribution in [3.63, 3.8) is 0 Å². The van der Waals surface area contributed by atoms with E-state index in [1.807, 2.05) is 34.6 Å². The Morgan fingerprint density at radius 1 is 1.08 bits per heavy atom. The number of Topliss-reactive ketones (excluding diaryl/α,β-unsaturated/α-hetero) is 1. The van der Waals surface area contributed by atoms with Crippen molar-refractivity contribution in [3.8, 4) is 0 Å². The van der Waals surface area contributed by atoms with E-state index in [2.05, 4.69) is 17.2 Å². The lowest BCUT2D eigenvalue weighted by molar-refractivity contribution is -0.151. The molecule has 0 aromatic rings. The molecule has 1 heterocycles. The summed E-state index contributed by atoms with van der Waals surface area (Å²) in [5.41, 5.74) is -1.29. The molecular weight excluding hydrogens is 494 g/mol. The maximum Gasteiger partial charge on any atom is 0.407 e. The number of alkyl carbamates (subject to hydrolysis) is 1. The van der Waals surface area contributed by atoms with E-state index in [4.69, 9.17) is 9.47 Å². The van der Waals surface area contributed by atoms with Crippen LogP contribution in [0.15, 0.2) is 12.7 Å². The molecule has 0 aromatic heterocycles. The van der Waals surface area contributed by atoms with Crippen molar-refractivity contribution >= 4 is 29.7 Å². The van der Waals surface area contributed by atoms with Gasteiger partial charge in [-0.15, -0.1) is 6.58 Å². The molecule has 1 aliphatic rings. The van der Waals surface area contributed by atoms with Crippen molar-refractivity contribution in [2.45, 2.75) is 104 Å². The van der Waals surface area contributed by atoms with Gasteiger partial charge in [-0.25, -0.2) is 9.59 Å². The summed E-state index contributed by atoms with van der Waals surface area (Å²) in [4.78, 5) is 64.6. The van der Waals surface area contributed by atoms with E-state index >= 15 is 0 Å². The summed E-state index contributed by atoms with van der Waals surface area (Å²) in [5.74, 6) is -3.89. The molecule has 3 N–H and O–H groups in total. The first-order valence-electron chi connectivity index (χ1n) is 13.0. The van der Waals surface area contributed by atoms with Gasteiger partial charge in [0.15, 0.2) is 0 Å². The zero-order valence-electron chi connectivity index (χ0n) is 24.0. The van der Waals surface area contributed by atoms with Crippen LogP contribution in [0.3, 0.4) is 0 Å². The third-order valence-corrected chi connectivity index (χ3v) is 5.79. The van der Waals surface area contributed by atoms with Crippen molar-refractivity contribution in [1.29, 1.82) is 0 Å². The molecule has 0 aromatic carbocycles. The molecule has 1 saturated heterocycles. The number of carbonyl (C=O) groups is 5. The monoisotopic (exact) mass is 539 g/mol. The standard InChI is InChI=1S/C27H45N3O8/c1-10-11-12-18(20(31)24(34)35)28-22(32)19-13-17(38-27(7,8)9)14-30(19)23(33)21(26(4,5)6)29-25(36)37-15-16(2)3/h10,16-19,21H,1,11-15H2,2-9H3,(H,28,32)(H,29,36)(H,34,35)/t17-,18?,19+,21-/m1/s1. The van der Waals surface area contributed by atoms with Gasteiger partial charge in [0.05, 0.1) is 24.4 Å². The van der Waals surface area contributed by atoms with Crippen LogP contribution in [0.2, 0.25) is 0 Å². The highest BCUT2D eigenvalue weighted by Gasteiger charge is 2.46. The summed E-state index contributed by atoms with van der Waals surface area (Å²) >= 11 is 0. The van der Waals surface area contributed by atoms with Gasteiger partial charge in [-0.2, -0.15) is 0 Å². The van der Waals surface area contributed by atoms with Crippen LogP contribution in [0.25, 0.3) is 0 Å². The SMILES string of the molecule is C=CCCC(NC(=O)[C@@H]1C[C@@H](OC(C)(C)C)CN1C(=O)[C@@H](NC(=O)OCC(C)C)C(C)(C)C)C(=O)C(=O)O. The van der Waals surface area contributed by atoms with Crippen LogP contribution in [-0.2, 0) is 28.7 Å². The fraction of sp³-hybridized carbons (Fsp3) is 0.741. The van der Waals surface area contributed by atoms with Gasteiger partial charge in [0.1, 0.15) is 12.1 Å². The first-order valence-corrected chi connectivity index (χ1v) is 13.0. The molecule has 0 saturated carbocycles. The first-order chi connectivity index (χ1) is 17.4. The third kappa shape index (κ3) is 10.4. The third-order valence-electron chi connectivity index (χ3n) is 5.79. The lowest BCUT2D eigenvalue weighted by Gasteiger charge is -2.35. The second-order valence-electron chi connectivity index (χ2n) is 12.1. The van der Waals surface area contributed by atoms with Crippen LogP contribution < -0.4 is 10.6 Å². The number of ketones is 1. The molecule has 0 spiro atoms. The minimum Gasteiger partial charge on any atom is -0.475 e. The number of aliphatic carboxylic acids is 1. The largest absolute Gasteiger partial charge is 0.475 e. The fourth-order valence-electron chi connectivity index (χ4n) is 4.06. The Morgan fingerprint density at radius 2 is 1.68 bits per heavy atom. The lowest BCUT2D eigenvalue weighted by Crippen LogP contribution is -2.59. The van der Waals surface area contributed by atoms with Crippen molar-refractivity contribution < 1.29 is 38.6 Å². The number of likely N-dealkylation sites (tertiary alicyclic amines) is 1. The normalized spacial score (nSPS) is 19.4. The van der Waals surface area contributed by atoms with Crippen molar-refractivity contribution in [2.24, 2.45) is 11.3 Å². The summed E-state index contributed by atoms with van der Waals surface area (Å²) in [6.45, 7) is 18.5. The summed E-state index contributed by atoms with van der Waals surface area (Å²) in [6, 6.07) is -3.34. The Labute approximate surface area is 225 Å². The highest BCUT2D eigenvalue weighted by atomic mass is 16.5. The molecule has 1 rings (SSSR count). The Morgan fingerprint density at radius 3 is 2.16 bits per heavy atom. The zero-order valence-corrected chi connectivity index (χ0v) is 24.0. The molecule has 0 radical (unpaired) electrons. The molecule has 1 unspecified atom stereocenters. The van der Waals surface area contributed by atoms with E-state index in [1.54, 1.807) is 20.8 Å². The van der Waals surface area contributed by atoms with Crippen molar-refractivity contribution in [1.82, 2.24) is 15.5 Å². The smallest absolute Gasteiger partial charge is 0.407 e. The number of amides is 3. The number of ether oxygens (including phenoxy) is 2. The Bertz CT molecular complexity index is 888. The van der Waals surface area contributed by atoms with Crippen LogP contribution in [-0.4, -0.2) is 82.6 Å². The molecule has 38 heavy (non-hydrogen) atoms. The first kappa shape index (κ1) is 33.1. The minimum absolute atomic E-state index is 0.0524. The van der Waals surface area contributed by atoms with Gasteiger partial charge >= 0.3 is 12.1 Å². The predicted molar refractivity (Wildman–Crippen MR) is 141 cm³/mol. The number of carboxylic acids is 1. The number of rotatable bonds is 12. The molecule has 3 amide bonds. The molecule has 11 nitrogen and oxygen atoms in total. The number of carboxylic acid groups (broad SMARTS) is 1. The molecular formula is C27H45N3O8. The summed E-state index contributed by atoms with van der Waals surface area (Å²) in [5, 5.41) is 14.4. The molecule has 0 bridgehead atoms. The number of allylic oxidation sites excluding steroid dienone is 1. The van der Waals surface area contributed by atoms with Gasteiger partial charge in [0.2, 0.25) is 11.8 Å². The van der Waals surface area contributed by atoms with Crippen molar-refractivity contribution in [3.05, 3.63) is 12.7 Å². The highest BCUT2D eigenvalue weighted by molar-refractivity contribution is 6.35. The van der Waals surface area contributed by atoms with Crippen LogP contribution in [0.1, 0.15) is 74.7 Å². The Balaban J connectivity index is 3.28. The number of hydrogen-bond donors (Lipinski definition) is 3. The molecule has 1 fully saturated rings. The number of carbonyl (C=O) groups excluding carboxylic acids is 4. The van der Waals surface area contributed by atoms with E-state index in [1.165, 1.54) is 11.0 Å². The second kappa shape index (κ2) is 13.7. The average molecular weight is 540 g/mol. The molecule has 0 aliphatic carbocycles. The maximum absolute atomic E-state index is 13.8. The summed E-state index contributed by atoms with van der Waals surface area (Å²) in [6.07, 6.45) is 0.776. The highest BCUT2D eigenvalue weighted by Crippen LogP contribution is 2.29. The quantitative estimate of drug-likeness (QED) is 0.253. The van der Waals surface area contributed by atoms with Gasteiger partial charge in [-0.3, -0.25) is 14.4 Å². The number of nitrogens with one attached hydrogen (secondary N) is 2. The number of hydrogen-bond acceptors (Lipinski definition) is 7. The summed E-state index contributed by atoms with van der Waals surface area (Å²) in [7, 11) is 0.